The minimum atomic E-state index is 0.125. The van der Waals surface area contributed by atoms with Crippen molar-refractivity contribution in [3.05, 3.63) is 20.6 Å². The van der Waals surface area contributed by atoms with Gasteiger partial charge in [-0.25, -0.2) is 0 Å². The van der Waals surface area contributed by atoms with Crippen LogP contribution >= 0.6 is 31.9 Å². The summed E-state index contributed by atoms with van der Waals surface area (Å²) in [5, 5.41) is 9.70. The Morgan fingerprint density at radius 1 is 1.60 bits per heavy atom. The molecular formula is C10H10Br2O3. The lowest BCUT2D eigenvalue weighted by Crippen LogP contribution is -2.05. The van der Waals surface area contributed by atoms with Gasteiger partial charge in [0.1, 0.15) is 12.7 Å². The van der Waals surface area contributed by atoms with E-state index in [9.17, 15) is 5.11 Å². The topological polar surface area (TPSA) is 42.0 Å². The van der Waals surface area contributed by atoms with E-state index in [0.29, 0.717) is 12.4 Å². The maximum atomic E-state index is 9.70. The molecular weight excluding hydrogens is 328 g/mol. The summed E-state index contributed by atoms with van der Waals surface area (Å²) in [4.78, 5) is 0. The lowest BCUT2D eigenvalue weighted by Gasteiger charge is -2.12. The van der Waals surface area contributed by atoms with Crippen LogP contribution in [0.25, 0.3) is 0 Å². The largest absolute Gasteiger partial charge is 0.504 e. The molecule has 1 aromatic rings. The molecule has 1 unspecified atom stereocenters. The number of rotatable bonds is 3. The SMILES string of the molecule is Cc1c(Br)cc(O)c(OCC2CO2)c1Br. The van der Waals surface area contributed by atoms with Gasteiger partial charge in [0.15, 0.2) is 11.5 Å². The number of aromatic hydroxyl groups is 1. The van der Waals surface area contributed by atoms with E-state index >= 15 is 0 Å². The molecule has 5 heteroatoms. The van der Waals surface area contributed by atoms with E-state index in [0.717, 1.165) is 21.1 Å². The summed E-state index contributed by atoms with van der Waals surface area (Å²) in [6, 6.07) is 1.63. The molecule has 82 valence electrons. The predicted octanol–water partition coefficient (Wildman–Crippen LogP) is 3.00. The van der Waals surface area contributed by atoms with Gasteiger partial charge in [0.25, 0.3) is 0 Å². The van der Waals surface area contributed by atoms with Crippen molar-refractivity contribution < 1.29 is 14.6 Å². The second-order valence-electron chi connectivity index (χ2n) is 3.41. The number of phenolic OH excluding ortho intramolecular Hbond substituents is 1. The number of phenols is 1. The van der Waals surface area contributed by atoms with Crippen molar-refractivity contribution in [1.29, 1.82) is 0 Å². The molecule has 3 nitrogen and oxygen atoms in total. The summed E-state index contributed by atoms with van der Waals surface area (Å²) in [5.74, 6) is 0.603. The predicted molar refractivity (Wildman–Crippen MR) is 63.5 cm³/mol. The van der Waals surface area contributed by atoms with Gasteiger partial charge >= 0.3 is 0 Å². The summed E-state index contributed by atoms with van der Waals surface area (Å²) < 4.78 is 12.1. The van der Waals surface area contributed by atoms with Gasteiger partial charge in [-0.3, -0.25) is 0 Å². The Kier molecular flexibility index (Phi) is 3.23. The molecule has 0 spiro atoms. The lowest BCUT2D eigenvalue weighted by atomic mass is 10.2. The Hall–Kier alpha value is -0.260. The van der Waals surface area contributed by atoms with E-state index in [2.05, 4.69) is 31.9 Å². The summed E-state index contributed by atoms with van der Waals surface area (Å²) in [5.41, 5.74) is 1.000. The van der Waals surface area contributed by atoms with Gasteiger partial charge in [0.05, 0.1) is 11.1 Å². The van der Waals surface area contributed by atoms with Crippen LogP contribution in [0.1, 0.15) is 5.56 Å². The molecule has 1 fully saturated rings. The molecule has 0 aromatic heterocycles. The first-order chi connectivity index (χ1) is 7.09. The minimum Gasteiger partial charge on any atom is -0.504 e. The molecule has 1 aromatic carbocycles. The van der Waals surface area contributed by atoms with Gasteiger partial charge < -0.3 is 14.6 Å². The third kappa shape index (κ3) is 2.46. The molecule has 1 atom stereocenters. The van der Waals surface area contributed by atoms with Crippen molar-refractivity contribution in [3.63, 3.8) is 0 Å². The Labute approximate surface area is 105 Å². The van der Waals surface area contributed by atoms with Crippen LogP contribution in [0.2, 0.25) is 0 Å². The number of benzene rings is 1. The fourth-order valence-electron chi connectivity index (χ4n) is 1.16. The first-order valence-corrected chi connectivity index (χ1v) is 6.10. The third-order valence-electron chi connectivity index (χ3n) is 2.20. The highest BCUT2D eigenvalue weighted by atomic mass is 79.9. The highest BCUT2D eigenvalue weighted by Gasteiger charge is 2.24. The first kappa shape index (κ1) is 11.2. The summed E-state index contributed by atoms with van der Waals surface area (Å²) in [6.45, 7) is 3.16. The first-order valence-electron chi connectivity index (χ1n) is 4.51. The van der Waals surface area contributed by atoms with Gasteiger partial charge in [0, 0.05) is 4.47 Å². The molecule has 0 bridgehead atoms. The smallest absolute Gasteiger partial charge is 0.175 e. The monoisotopic (exact) mass is 336 g/mol. The number of hydrogen-bond acceptors (Lipinski definition) is 3. The molecule has 0 aliphatic carbocycles. The maximum Gasteiger partial charge on any atom is 0.175 e. The summed E-state index contributed by atoms with van der Waals surface area (Å²) >= 11 is 6.75. The van der Waals surface area contributed by atoms with Gasteiger partial charge in [-0.2, -0.15) is 0 Å². The van der Waals surface area contributed by atoms with Crippen molar-refractivity contribution in [2.24, 2.45) is 0 Å². The van der Waals surface area contributed by atoms with Gasteiger partial charge in [-0.1, -0.05) is 15.9 Å². The van der Waals surface area contributed by atoms with Gasteiger partial charge in [-0.05, 0) is 34.5 Å². The van der Waals surface area contributed by atoms with Crippen LogP contribution in [0.5, 0.6) is 11.5 Å². The Morgan fingerprint density at radius 3 is 2.87 bits per heavy atom. The molecule has 0 amide bonds. The van der Waals surface area contributed by atoms with Crippen molar-refractivity contribution in [2.75, 3.05) is 13.2 Å². The molecule has 1 aliphatic heterocycles. The zero-order valence-corrected chi connectivity index (χ0v) is 11.3. The van der Waals surface area contributed by atoms with Crippen LogP contribution in [0.15, 0.2) is 15.0 Å². The Morgan fingerprint density at radius 2 is 2.27 bits per heavy atom. The van der Waals surface area contributed by atoms with E-state index in [1.54, 1.807) is 6.07 Å². The number of ether oxygens (including phenoxy) is 2. The van der Waals surface area contributed by atoms with Gasteiger partial charge in [-0.15, -0.1) is 0 Å². The second kappa shape index (κ2) is 4.31. The quantitative estimate of drug-likeness (QED) is 0.862. The van der Waals surface area contributed by atoms with Crippen molar-refractivity contribution in [2.45, 2.75) is 13.0 Å². The third-order valence-corrected chi connectivity index (χ3v) is 3.98. The van der Waals surface area contributed by atoms with Crippen LogP contribution < -0.4 is 4.74 Å². The van der Waals surface area contributed by atoms with E-state index in [1.807, 2.05) is 6.92 Å². The van der Waals surface area contributed by atoms with Crippen molar-refractivity contribution >= 4 is 31.9 Å². The highest BCUT2D eigenvalue weighted by molar-refractivity contribution is 9.11. The van der Waals surface area contributed by atoms with Crippen molar-refractivity contribution in [3.8, 4) is 11.5 Å². The maximum absolute atomic E-state index is 9.70. The van der Waals surface area contributed by atoms with E-state index in [-0.39, 0.29) is 11.9 Å². The van der Waals surface area contributed by atoms with E-state index in [1.165, 1.54) is 0 Å². The average molecular weight is 338 g/mol. The summed E-state index contributed by atoms with van der Waals surface area (Å²) in [6.07, 6.45) is 0.181. The molecule has 0 radical (unpaired) electrons. The second-order valence-corrected chi connectivity index (χ2v) is 5.06. The summed E-state index contributed by atoms with van der Waals surface area (Å²) in [7, 11) is 0. The molecule has 1 heterocycles. The standard InChI is InChI=1S/C10H10Br2O3/c1-5-7(11)2-8(13)10(9(5)12)15-4-6-3-14-6/h2,6,13H,3-4H2,1H3. The Bertz CT molecular complexity index is 389. The van der Waals surface area contributed by atoms with Crippen LogP contribution in [0.4, 0.5) is 0 Å². The zero-order valence-electron chi connectivity index (χ0n) is 8.09. The zero-order chi connectivity index (χ0) is 11.0. The molecule has 0 saturated carbocycles. The molecule has 1 N–H and O–H groups in total. The average Bonchev–Trinajstić information content (AvgIpc) is 2.98. The normalized spacial score (nSPS) is 19.0. The lowest BCUT2D eigenvalue weighted by molar-refractivity contribution is 0.252. The number of epoxide rings is 1. The van der Waals surface area contributed by atoms with Crippen LogP contribution in [-0.2, 0) is 4.74 Å². The fourth-order valence-corrected chi connectivity index (χ4v) is 2.37. The Balaban J connectivity index is 2.23. The molecule has 1 saturated heterocycles. The molecule has 1 aliphatic rings. The van der Waals surface area contributed by atoms with Gasteiger partial charge in [0.2, 0.25) is 0 Å². The molecule has 2 rings (SSSR count). The fraction of sp³-hybridized carbons (Fsp3) is 0.400. The number of hydrogen-bond donors (Lipinski definition) is 1. The van der Waals surface area contributed by atoms with Crippen LogP contribution in [0, 0.1) is 6.92 Å². The minimum absolute atomic E-state index is 0.125. The molecule has 15 heavy (non-hydrogen) atoms. The highest BCUT2D eigenvalue weighted by Crippen LogP contribution is 2.41. The number of halogens is 2. The van der Waals surface area contributed by atoms with Crippen molar-refractivity contribution in [1.82, 2.24) is 0 Å². The van der Waals surface area contributed by atoms with E-state index in [4.69, 9.17) is 9.47 Å². The van der Waals surface area contributed by atoms with Crippen LogP contribution in [-0.4, -0.2) is 24.4 Å². The van der Waals surface area contributed by atoms with Crippen LogP contribution in [0.3, 0.4) is 0 Å². The van der Waals surface area contributed by atoms with E-state index < -0.39 is 0 Å².